The van der Waals surface area contributed by atoms with Gasteiger partial charge in [-0.3, -0.25) is 9.59 Å². The first-order valence-electron chi connectivity index (χ1n) is 13.4. The first-order chi connectivity index (χ1) is 15.8. The van der Waals surface area contributed by atoms with Gasteiger partial charge in [-0.1, -0.05) is 51.9 Å². The van der Waals surface area contributed by atoms with Crippen molar-refractivity contribution in [3.05, 3.63) is 0 Å². The predicted molar refractivity (Wildman–Crippen MR) is 131 cm³/mol. The fourth-order valence-electron chi connectivity index (χ4n) is 6.14. The lowest BCUT2D eigenvalue weighted by Gasteiger charge is -2.27. The average molecular weight is 484 g/mol. The summed E-state index contributed by atoms with van der Waals surface area (Å²) in [5.74, 6) is -0.605. The molecule has 0 aromatic rings. The van der Waals surface area contributed by atoms with Gasteiger partial charge in [0.25, 0.3) is 0 Å². The number of likely N-dealkylation sites (tertiary alicyclic amines) is 2. The number of carbonyl (C=O) groups excluding carboxylic acids is 2. The molecule has 3 heterocycles. The van der Waals surface area contributed by atoms with Gasteiger partial charge in [0.1, 0.15) is 0 Å². The van der Waals surface area contributed by atoms with Crippen LogP contribution in [0.4, 0.5) is 0 Å². The number of unbranched alkanes of at least 4 members (excludes halogenated alkanes) is 6. The maximum absolute atomic E-state index is 13.0. The van der Waals surface area contributed by atoms with Crippen LogP contribution in [0.5, 0.6) is 0 Å². The van der Waals surface area contributed by atoms with Crippen LogP contribution in [0.2, 0.25) is 0 Å². The zero-order valence-electron chi connectivity index (χ0n) is 20.8. The Morgan fingerprint density at radius 1 is 0.939 bits per heavy atom. The number of rotatable bonds is 13. The van der Waals surface area contributed by atoms with Crippen molar-refractivity contribution in [3.8, 4) is 0 Å². The highest BCUT2D eigenvalue weighted by atomic mass is 32.2. The van der Waals surface area contributed by atoms with E-state index in [0.29, 0.717) is 25.8 Å². The molecule has 0 spiro atoms. The van der Waals surface area contributed by atoms with Crippen molar-refractivity contribution in [3.63, 3.8) is 0 Å². The second-order valence-corrected chi connectivity index (χ2v) is 12.2. The van der Waals surface area contributed by atoms with Crippen LogP contribution in [0.15, 0.2) is 0 Å². The molecule has 3 aliphatic heterocycles. The van der Waals surface area contributed by atoms with Crippen LogP contribution in [-0.2, 0) is 19.6 Å². The summed E-state index contributed by atoms with van der Waals surface area (Å²) in [5.41, 5.74) is 0. The van der Waals surface area contributed by atoms with E-state index >= 15 is 0 Å². The van der Waals surface area contributed by atoms with E-state index < -0.39 is 10.0 Å². The van der Waals surface area contributed by atoms with E-state index in [1.165, 1.54) is 71.0 Å². The van der Waals surface area contributed by atoms with Crippen LogP contribution in [0.3, 0.4) is 0 Å². The fraction of sp³-hybridized carbons (Fsp3) is 0.920. The lowest BCUT2D eigenvalue weighted by Crippen LogP contribution is -2.43. The number of fused-ring (bicyclic) bond motifs is 1. The summed E-state index contributed by atoms with van der Waals surface area (Å²) in [6.45, 7) is 6.38. The van der Waals surface area contributed by atoms with Crippen LogP contribution >= 0.6 is 0 Å². The average Bonchev–Trinajstić information content (AvgIpc) is 3.31. The van der Waals surface area contributed by atoms with Gasteiger partial charge in [-0.15, -0.1) is 0 Å². The van der Waals surface area contributed by atoms with E-state index in [-0.39, 0.29) is 29.8 Å². The van der Waals surface area contributed by atoms with E-state index in [0.717, 1.165) is 29.8 Å². The summed E-state index contributed by atoms with van der Waals surface area (Å²) < 4.78 is 25.5. The Labute approximate surface area is 201 Å². The largest absolute Gasteiger partial charge is 0.337 e. The van der Waals surface area contributed by atoms with Crippen LogP contribution in [0.1, 0.15) is 96.8 Å². The van der Waals surface area contributed by atoms with Crippen molar-refractivity contribution in [2.45, 2.75) is 109 Å². The molecule has 3 atom stereocenters. The van der Waals surface area contributed by atoms with E-state index in [2.05, 4.69) is 4.90 Å². The Balaban J connectivity index is 1.34. The number of sulfonamides is 1. The summed E-state index contributed by atoms with van der Waals surface area (Å²) in [6.07, 6.45) is 16.0. The van der Waals surface area contributed by atoms with E-state index in [1.807, 2.05) is 11.8 Å². The lowest BCUT2D eigenvalue weighted by molar-refractivity contribution is -0.134. The minimum absolute atomic E-state index is 0.0910. The smallest absolute Gasteiger partial charge is 0.241 e. The molecule has 190 valence electrons. The first kappa shape index (κ1) is 26.5. The highest BCUT2D eigenvalue weighted by molar-refractivity contribution is 7.88. The minimum atomic E-state index is -3.60. The Hall–Kier alpha value is -1.15. The van der Waals surface area contributed by atoms with Gasteiger partial charge in [-0.25, -0.2) is 12.7 Å². The lowest BCUT2D eigenvalue weighted by atomic mass is 9.94. The van der Waals surface area contributed by atoms with E-state index in [1.54, 1.807) is 0 Å². The molecule has 0 bridgehead atoms. The summed E-state index contributed by atoms with van der Waals surface area (Å²) >= 11 is 0. The number of nitrogens with zero attached hydrogens (tertiary/aromatic N) is 3. The number of hydrogen-bond acceptors (Lipinski definition) is 5. The standard InChI is InChI=1S/C25H45N3O4S/c1-3-14-21-24-22(28(25(21)30)33(2,31)32)16-20-27(24)23(29)15-10-7-5-4-6-8-11-17-26-18-12-9-13-19-26/h21-22,24H,3-20H2,1-2H3/t21-,22+,24-/m1/s1. The van der Waals surface area contributed by atoms with Crippen molar-refractivity contribution in [1.82, 2.24) is 14.1 Å². The second kappa shape index (κ2) is 12.5. The van der Waals surface area contributed by atoms with Gasteiger partial charge in [0.05, 0.1) is 24.3 Å². The Morgan fingerprint density at radius 2 is 1.58 bits per heavy atom. The third-order valence-corrected chi connectivity index (χ3v) is 8.92. The molecule has 3 rings (SSSR count). The van der Waals surface area contributed by atoms with Gasteiger partial charge < -0.3 is 9.80 Å². The summed E-state index contributed by atoms with van der Waals surface area (Å²) in [5, 5.41) is 0. The molecule has 0 aromatic carbocycles. The zero-order chi connectivity index (χ0) is 23.8. The number of carbonyl (C=O) groups is 2. The molecule has 8 heteroatoms. The molecular formula is C25H45N3O4S. The molecule has 0 saturated carbocycles. The van der Waals surface area contributed by atoms with Crippen LogP contribution in [-0.4, -0.2) is 78.9 Å². The van der Waals surface area contributed by atoms with E-state index in [4.69, 9.17) is 0 Å². The molecule has 2 amide bonds. The molecule has 0 N–H and O–H groups in total. The van der Waals surface area contributed by atoms with Gasteiger partial charge in [-0.2, -0.15) is 0 Å². The Bertz CT molecular complexity index is 751. The third-order valence-electron chi connectivity index (χ3n) is 7.76. The minimum Gasteiger partial charge on any atom is -0.337 e. The Kier molecular flexibility index (Phi) is 10.0. The highest BCUT2D eigenvalue weighted by Crippen LogP contribution is 2.40. The summed E-state index contributed by atoms with van der Waals surface area (Å²) in [7, 11) is -3.60. The number of piperidine rings is 1. The van der Waals surface area contributed by atoms with Gasteiger partial charge >= 0.3 is 0 Å². The van der Waals surface area contributed by atoms with Crippen molar-refractivity contribution < 1.29 is 18.0 Å². The van der Waals surface area contributed by atoms with Crippen LogP contribution < -0.4 is 0 Å². The van der Waals surface area contributed by atoms with Crippen molar-refractivity contribution >= 4 is 21.8 Å². The van der Waals surface area contributed by atoms with Crippen molar-refractivity contribution in [1.29, 1.82) is 0 Å². The molecule has 3 saturated heterocycles. The molecule has 33 heavy (non-hydrogen) atoms. The summed E-state index contributed by atoms with van der Waals surface area (Å²) in [6, 6.07) is -0.655. The topological polar surface area (TPSA) is 78.0 Å². The van der Waals surface area contributed by atoms with Crippen molar-refractivity contribution in [2.75, 3.05) is 32.4 Å². The van der Waals surface area contributed by atoms with Crippen LogP contribution in [0, 0.1) is 5.92 Å². The number of amides is 2. The molecular weight excluding hydrogens is 438 g/mol. The van der Waals surface area contributed by atoms with Crippen LogP contribution in [0.25, 0.3) is 0 Å². The molecule has 0 unspecified atom stereocenters. The zero-order valence-corrected chi connectivity index (χ0v) is 21.7. The van der Waals surface area contributed by atoms with E-state index in [9.17, 15) is 18.0 Å². The van der Waals surface area contributed by atoms with Gasteiger partial charge in [0, 0.05) is 13.0 Å². The molecule has 7 nitrogen and oxygen atoms in total. The second-order valence-electron chi connectivity index (χ2n) is 10.4. The predicted octanol–water partition coefficient (Wildman–Crippen LogP) is 3.78. The van der Waals surface area contributed by atoms with Crippen molar-refractivity contribution in [2.24, 2.45) is 5.92 Å². The van der Waals surface area contributed by atoms with Gasteiger partial charge in [0.15, 0.2) is 0 Å². The molecule has 3 aliphatic rings. The molecule has 3 fully saturated rings. The van der Waals surface area contributed by atoms with Gasteiger partial charge in [-0.05, 0) is 58.2 Å². The maximum Gasteiger partial charge on any atom is 0.241 e. The first-order valence-corrected chi connectivity index (χ1v) is 15.2. The normalized spacial score (nSPS) is 26.2. The molecule has 0 aliphatic carbocycles. The molecule has 0 aromatic heterocycles. The fourth-order valence-corrected chi connectivity index (χ4v) is 7.33. The summed E-state index contributed by atoms with van der Waals surface area (Å²) in [4.78, 5) is 30.2. The molecule has 0 radical (unpaired) electrons. The monoisotopic (exact) mass is 483 g/mol. The maximum atomic E-state index is 13.0. The highest BCUT2D eigenvalue weighted by Gasteiger charge is 2.56. The number of hydrogen-bond donors (Lipinski definition) is 0. The van der Waals surface area contributed by atoms with Gasteiger partial charge in [0.2, 0.25) is 21.8 Å². The Morgan fingerprint density at radius 3 is 2.21 bits per heavy atom. The SMILES string of the molecule is CCC[C@H]1C(=O)N(S(C)(=O)=O)[C@H]2CCN(C(=O)CCCCCCCCCN3CCCCC3)[C@H]12. The third kappa shape index (κ3) is 6.93. The quantitative estimate of drug-likeness (QED) is 0.373.